The molecule has 2 amide bonds. The number of nitrogens with zero attached hydrogens (tertiary/aromatic N) is 2. The lowest BCUT2D eigenvalue weighted by molar-refractivity contribution is -0.192. The summed E-state index contributed by atoms with van der Waals surface area (Å²) in [5.41, 5.74) is 1.39. The molecule has 0 radical (unpaired) electrons. The van der Waals surface area contributed by atoms with Gasteiger partial charge < -0.3 is 29.7 Å². The van der Waals surface area contributed by atoms with Gasteiger partial charge in [0.1, 0.15) is 6.54 Å². The Kier molecular flexibility index (Phi) is 11.2. The average molecular weight is 590 g/mol. The normalized spacial score (nSPS) is 13.2. The molecule has 0 aromatic heterocycles. The number of alkyl halides is 3. The van der Waals surface area contributed by atoms with E-state index in [4.69, 9.17) is 19.4 Å². The zero-order chi connectivity index (χ0) is 27.6. The van der Waals surface area contributed by atoms with E-state index in [0.29, 0.717) is 36.7 Å². The molecule has 1 saturated heterocycles. The van der Waals surface area contributed by atoms with E-state index in [-0.39, 0.29) is 18.4 Å². The second-order valence-electron chi connectivity index (χ2n) is 7.79. The molecule has 0 saturated carbocycles. The van der Waals surface area contributed by atoms with Crippen molar-refractivity contribution in [1.82, 2.24) is 15.1 Å². The summed E-state index contributed by atoms with van der Waals surface area (Å²) >= 11 is 3.43. The van der Waals surface area contributed by atoms with E-state index in [2.05, 4.69) is 21.2 Å². The average Bonchev–Trinajstić information content (AvgIpc) is 2.89. The number of benzene rings is 2. The second kappa shape index (κ2) is 13.8. The van der Waals surface area contributed by atoms with Crippen LogP contribution >= 0.6 is 15.9 Å². The molecule has 2 aromatic rings. The zero-order valence-electron chi connectivity index (χ0n) is 20.2. The fourth-order valence-corrected chi connectivity index (χ4v) is 3.60. The van der Waals surface area contributed by atoms with Gasteiger partial charge in [0.25, 0.3) is 5.91 Å². The number of methoxy groups -OCH3 is 2. The first-order chi connectivity index (χ1) is 17.5. The molecule has 0 spiro atoms. The summed E-state index contributed by atoms with van der Waals surface area (Å²) in [6, 6.07) is 12.8. The van der Waals surface area contributed by atoms with Crippen LogP contribution in [0.5, 0.6) is 11.5 Å². The number of carboxylic acid groups (broad SMARTS) is 1. The van der Waals surface area contributed by atoms with Crippen LogP contribution in [0.4, 0.5) is 13.2 Å². The number of carbonyl (C=O) groups is 3. The minimum atomic E-state index is -5.08. The summed E-state index contributed by atoms with van der Waals surface area (Å²) in [6.07, 6.45) is -5.08. The van der Waals surface area contributed by atoms with Gasteiger partial charge in [-0.1, -0.05) is 28.1 Å². The van der Waals surface area contributed by atoms with E-state index in [1.54, 1.807) is 35.1 Å². The maximum absolute atomic E-state index is 13.3. The van der Waals surface area contributed by atoms with Crippen LogP contribution in [0.3, 0.4) is 0 Å². The van der Waals surface area contributed by atoms with E-state index in [1.807, 2.05) is 24.3 Å². The Morgan fingerprint density at radius 1 is 1.03 bits per heavy atom. The lowest BCUT2D eigenvalue weighted by Crippen LogP contribution is -2.50. The summed E-state index contributed by atoms with van der Waals surface area (Å²) in [4.78, 5) is 38.5. The minimum absolute atomic E-state index is 0.0171. The lowest BCUT2D eigenvalue weighted by atomic mass is 10.1. The zero-order valence-corrected chi connectivity index (χ0v) is 21.8. The van der Waals surface area contributed by atoms with Crippen LogP contribution < -0.4 is 14.8 Å². The number of nitrogens with one attached hydrogen (secondary N) is 1. The highest BCUT2D eigenvalue weighted by Crippen LogP contribution is 2.28. The van der Waals surface area contributed by atoms with Crippen molar-refractivity contribution in [2.75, 3.05) is 46.9 Å². The fraction of sp³-hybridized carbons (Fsp3) is 0.375. The number of hydrogen-bond acceptors (Lipinski definition) is 6. The second-order valence-corrected chi connectivity index (χ2v) is 8.71. The number of amides is 2. The molecule has 1 fully saturated rings. The van der Waals surface area contributed by atoms with Crippen LogP contribution in [0.15, 0.2) is 46.9 Å². The number of carboxylic acids is 1. The van der Waals surface area contributed by atoms with E-state index >= 15 is 0 Å². The topological polar surface area (TPSA) is 108 Å². The summed E-state index contributed by atoms with van der Waals surface area (Å²) in [6.45, 7) is 3.18. The van der Waals surface area contributed by atoms with Gasteiger partial charge in [0, 0.05) is 42.8 Å². The first-order valence-corrected chi connectivity index (χ1v) is 11.8. The Hall–Kier alpha value is -3.32. The first-order valence-electron chi connectivity index (χ1n) is 11.0. The lowest BCUT2D eigenvalue weighted by Gasteiger charge is -2.30. The molecule has 0 bridgehead atoms. The third-order valence-corrected chi connectivity index (χ3v) is 5.77. The number of halogens is 4. The van der Waals surface area contributed by atoms with Crippen LogP contribution in [0, 0.1) is 0 Å². The Balaban J connectivity index is 0.000000604. The Morgan fingerprint density at radius 2 is 1.59 bits per heavy atom. The molecule has 2 aromatic carbocycles. The maximum atomic E-state index is 13.3. The minimum Gasteiger partial charge on any atom is -0.493 e. The predicted octanol–water partition coefficient (Wildman–Crippen LogP) is 3.17. The molecule has 1 heterocycles. The quantitative estimate of drug-likeness (QED) is 0.510. The molecule has 202 valence electrons. The van der Waals surface area contributed by atoms with Gasteiger partial charge in [-0.25, -0.2) is 4.79 Å². The van der Waals surface area contributed by atoms with Crippen LogP contribution in [-0.4, -0.2) is 85.8 Å². The molecule has 1 aliphatic heterocycles. The third-order valence-electron chi connectivity index (χ3n) is 5.24. The Bertz CT molecular complexity index is 1080. The summed E-state index contributed by atoms with van der Waals surface area (Å²) in [7, 11) is 3.07. The fourth-order valence-electron chi connectivity index (χ4n) is 3.34. The SMILES string of the molecule is COc1ccc(C(=O)N(CC(=O)N2CCNCC2)Cc2ccc(Br)cc2)cc1OC.O=C(O)C(F)(F)F. The van der Waals surface area contributed by atoms with Gasteiger partial charge >= 0.3 is 12.1 Å². The summed E-state index contributed by atoms with van der Waals surface area (Å²) in [5.74, 6) is -2.02. The van der Waals surface area contributed by atoms with Crippen molar-refractivity contribution < 1.29 is 42.1 Å². The van der Waals surface area contributed by atoms with E-state index in [9.17, 15) is 22.8 Å². The summed E-state index contributed by atoms with van der Waals surface area (Å²) < 4.78 is 43.3. The largest absolute Gasteiger partial charge is 0.493 e. The van der Waals surface area contributed by atoms with Crippen molar-refractivity contribution in [1.29, 1.82) is 0 Å². The maximum Gasteiger partial charge on any atom is 0.490 e. The molecule has 0 aliphatic carbocycles. The van der Waals surface area contributed by atoms with Gasteiger partial charge in [-0.2, -0.15) is 13.2 Å². The van der Waals surface area contributed by atoms with Gasteiger partial charge in [-0.15, -0.1) is 0 Å². The molecule has 1 aliphatic rings. The molecular weight excluding hydrogens is 563 g/mol. The van der Waals surface area contributed by atoms with Crippen molar-refractivity contribution in [2.24, 2.45) is 0 Å². The molecule has 0 unspecified atom stereocenters. The van der Waals surface area contributed by atoms with Crippen LogP contribution in [0.25, 0.3) is 0 Å². The van der Waals surface area contributed by atoms with Gasteiger partial charge in [0.05, 0.1) is 14.2 Å². The van der Waals surface area contributed by atoms with Crippen molar-refractivity contribution in [3.8, 4) is 11.5 Å². The van der Waals surface area contributed by atoms with Crippen molar-refractivity contribution in [2.45, 2.75) is 12.7 Å². The van der Waals surface area contributed by atoms with Crippen LogP contribution in [-0.2, 0) is 16.1 Å². The Morgan fingerprint density at radius 3 is 2.11 bits per heavy atom. The van der Waals surface area contributed by atoms with Gasteiger partial charge in [0.2, 0.25) is 5.91 Å². The number of piperazine rings is 1. The number of rotatable bonds is 7. The molecule has 0 atom stereocenters. The first kappa shape index (κ1) is 29.9. The van der Waals surface area contributed by atoms with Crippen molar-refractivity contribution >= 4 is 33.7 Å². The molecule has 13 heteroatoms. The highest BCUT2D eigenvalue weighted by atomic mass is 79.9. The smallest absolute Gasteiger partial charge is 0.490 e. The molecule has 3 rings (SSSR count). The summed E-state index contributed by atoms with van der Waals surface area (Å²) in [5, 5.41) is 10.4. The number of hydrogen-bond donors (Lipinski definition) is 2. The standard InChI is InChI=1S/C22H26BrN3O4.C2HF3O2/c1-29-19-8-5-17(13-20(19)30-2)22(28)26(14-16-3-6-18(23)7-4-16)15-21(27)25-11-9-24-10-12-25;3-2(4,5)1(6)7/h3-8,13,24H,9-12,14-15H2,1-2H3;(H,6,7). The third kappa shape index (κ3) is 9.25. The Labute approximate surface area is 220 Å². The van der Waals surface area contributed by atoms with Crippen molar-refractivity contribution in [3.05, 3.63) is 58.1 Å². The molecular formula is C24H27BrF3N3O6. The van der Waals surface area contributed by atoms with E-state index < -0.39 is 12.1 Å². The van der Waals surface area contributed by atoms with Gasteiger partial charge in [0.15, 0.2) is 11.5 Å². The molecule has 9 nitrogen and oxygen atoms in total. The van der Waals surface area contributed by atoms with Crippen molar-refractivity contribution in [3.63, 3.8) is 0 Å². The predicted molar refractivity (Wildman–Crippen MR) is 132 cm³/mol. The van der Waals surface area contributed by atoms with E-state index in [1.165, 1.54) is 7.11 Å². The molecule has 2 N–H and O–H groups in total. The monoisotopic (exact) mass is 589 g/mol. The molecule has 37 heavy (non-hydrogen) atoms. The van der Waals surface area contributed by atoms with Gasteiger partial charge in [-0.05, 0) is 35.9 Å². The number of carbonyl (C=O) groups excluding carboxylic acids is 2. The highest BCUT2D eigenvalue weighted by Gasteiger charge is 2.38. The van der Waals surface area contributed by atoms with E-state index in [0.717, 1.165) is 23.1 Å². The van der Waals surface area contributed by atoms with Crippen LogP contribution in [0.1, 0.15) is 15.9 Å². The number of aliphatic carboxylic acids is 1. The highest BCUT2D eigenvalue weighted by molar-refractivity contribution is 9.10. The van der Waals surface area contributed by atoms with Crippen LogP contribution in [0.2, 0.25) is 0 Å². The van der Waals surface area contributed by atoms with Gasteiger partial charge in [-0.3, -0.25) is 9.59 Å². The number of ether oxygens (including phenoxy) is 2.